The Hall–Kier alpha value is -6.73. The molecule has 3 N–H and O–H groups in total. The zero-order chi connectivity index (χ0) is 46.5. The Balaban J connectivity index is 0.00000220. The lowest BCUT2D eigenvalue weighted by Gasteiger charge is -2.40. The number of urea groups is 1. The molecule has 7 rings (SSSR count). The van der Waals surface area contributed by atoms with Gasteiger partial charge in [-0.05, 0) is 50.2 Å². The molecule has 17 nitrogen and oxygen atoms in total. The first kappa shape index (κ1) is 46.8. The molecule has 0 bridgehead atoms. The molecule has 0 spiro atoms. The number of carboxylic acid groups (broad SMARTS) is 1. The topological polar surface area (TPSA) is 205 Å². The van der Waals surface area contributed by atoms with Crippen molar-refractivity contribution in [1.29, 1.82) is 0 Å². The smallest absolute Gasteiger partial charge is 0.319 e. The average Bonchev–Trinajstić information content (AvgIpc) is 3.83. The second-order valence-corrected chi connectivity index (χ2v) is 16.8. The van der Waals surface area contributed by atoms with E-state index in [1.165, 1.54) is 51.7 Å². The summed E-state index contributed by atoms with van der Waals surface area (Å²) in [4.78, 5) is 73.7. The predicted molar refractivity (Wildman–Crippen MR) is 233 cm³/mol. The number of hydrogen-bond donors (Lipinski definition) is 2. The highest BCUT2D eigenvalue weighted by molar-refractivity contribution is 6.34. The van der Waals surface area contributed by atoms with Crippen molar-refractivity contribution in [2.75, 3.05) is 70.1 Å². The number of benzene rings is 2. The van der Waals surface area contributed by atoms with Crippen LogP contribution in [-0.4, -0.2) is 129 Å². The number of piperidine rings is 1. The SMILES string of the molecule is Cc1ccc(N(CCn2cc(-c3ccc(-c4cnc(C(=O)Nc5ccc(C(=O)N6CCN(C(=O)C7CC[N+](C)(C)CC7)CC6)c(Cl)c5)n4C)c(F)c3F)c(C)n2)C(N)=O)cn1.O=C[O-]. The van der Waals surface area contributed by atoms with E-state index in [0.717, 1.165) is 36.1 Å². The summed E-state index contributed by atoms with van der Waals surface area (Å²) in [5.41, 5.74) is 8.29. The monoisotopic (exact) mass is 901 g/mol. The third kappa shape index (κ3) is 10.4. The number of nitrogens with zero attached hydrogens (tertiary/aromatic N) is 9. The number of hydrogen-bond acceptors (Lipinski definition) is 9. The first-order valence-corrected chi connectivity index (χ1v) is 20.9. The fraction of sp³-hybridized carbons (Fsp3) is 0.364. The lowest BCUT2D eigenvalue weighted by atomic mass is 9.94. The van der Waals surface area contributed by atoms with E-state index in [0.29, 0.717) is 48.8 Å². The number of halogens is 3. The second kappa shape index (κ2) is 19.8. The number of nitrogens with one attached hydrogen (secondary N) is 1. The maximum Gasteiger partial charge on any atom is 0.319 e. The molecular formula is C44H50ClF2N11O6. The van der Waals surface area contributed by atoms with Crippen LogP contribution in [0.4, 0.5) is 25.0 Å². The highest BCUT2D eigenvalue weighted by atomic mass is 35.5. The third-order valence-corrected chi connectivity index (χ3v) is 12.0. The van der Waals surface area contributed by atoms with Crippen molar-refractivity contribution in [3.63, 3.8) is 0 Å². The van der Waals surface area contributed by atoms with Crippen LogP contribution in [0.2, 0.25) is 5.02 Å². The molecule has 0 radical (unpaired) electrons. The van der Waals surface area contributed by atoms with Crippen LogP contribution in [0.15, 0.2) is 61.1 Å². The van der Waals surface area contributed by atoms with Crippen LogP contribution in [0.3, 0.4) is 0 Å². The summed E-state index contributed by atoms with van der Waals surface area (Å²) in [7, 11) is 5.87. The Morgan fingerprint density at radius 3 is 2.20 bits per heavy atom. The van der Waals surface area contributed by atoms with E-state index in [1.807, 2.05) is 11.8 Å². The summed E-state index contributed by atoms with van der Waals surface area (Å²) in [5.74, 6) is -3.05. The van der Waals surface area contributed by atoms with E-state index < -0.39 is 30.0 Å². The van der Waals surface area contributed by atoms with Crippen LogP contribution in [0, 0.1) is 31.4 Å². The van der Waals surface area contributed by atoms with Gasteiger partial charge in [0.05, 0.1) is 73.8 Å². The minimum Gasteiger partial charge on any atom is -0.554 e. The van der Waals surface area contributed by atoms with E-state index >= 15 is 8.78 Å². The summed E-state index contributed by atoms with van der Waals surface area (Å²) in [5, 5.41) is 15.6. The number of anilines is 2. The minimum atomic E-state index is -1.14. The molecule has 0 aliphatic carbocycles. The Morgan fingerprint density at radius 1 is 0.938 bits per heavy atom. The van der Waals surface area contributed by atoms with Crippen LogP contribution in [0.1, 0.15) is 45.2 Å². The zero-order valence-corrected chi connectivity index (χ0v) is 36.9. The van der Waals surface area contributed by atoms with Crippen molar-refractivity contribution < 1.29 is 42.3 Å². The Morgan fingerprint density at radius 2 is 1.58 bits per heavy atom. The number of carbonyl (C=O) groups is 5. The first-order chi connectivity index (χ1) is 30.4. The molecule has 5 aromatic rings. The molecule has 2 fully saturated rings. The number of carbonyl (C=O) groups excluding carboxylic acids is 5. The largest absolute Gasteiger partial charge is 0.554 e. The van der Waals surface area contributed by atoms with E-state index in [2.05, 4.69) is 34.5 Å². The number of amides is 5. The van der Waals surface area contributed by atoms with Crippen molar-refractivity contribution in [3.8, 4) is 22.4 Å². The molecule has 2 aliphatic rings. The second-order valence-electron chi connectivity index (χ2n) is 16.4. The molecule has 5 heterocycles. The molecular weight excluding hydrogens is 852 g/mol. The number of pyridine rings is 1. The predicted octanol–water partition coefficient (Wildman–Crippen LogP) is 3.87. The Bertz CT molecular complexity index is 2540. The normalized spacial score (nSPS) is 14.9. The summed E-state index contributed by atoms with van der Waals surface area (Å²) in [6, 6.07) is 10.2. The van der Waals surface area contributed by atoms with Crippen molar-refractivity contribution in [1.82, 2.24) is 34.1 Å². The lowest BCUT2D eigenvalue weighted by Crippen LogP contribution is -2.54. The van der Waals surface area contributed by atoms with Crippen molar-refractivity contribution in [3.05, 3.63) is 100 Å². The lowest BCUT2D eigenvalue weighted by molar-refractivity contribution is -0.895. The van der Waals surface area contributed by atoms with E-state index in [-0.39, 0.29) is 64.1 Å². The van der Waals surface area contributed by atoms with Crippen LogP contribution in [0.5, 0.6) is 0 Å². The van der Waals surface area contributed by atoms with Gasteiger partial charge in [-0.15, -0.1) is 0 Å². The molecule has 5 amide bonds. The molecule has 0 saturated carbocycles. The first-order valence-electron chi connectivity index (χ1n) is 20.5. The van der Waals surface area contributed by atoms with Crippen LogP contribution < -0.4 is 21.1 Å². The summed E-state index contributed by atoms with van der Waals surface area (Å²) >= 11 is 6.57. The number of likely N-dealkylation sites (tertiary alicyclic amines) is 1. The molecule has 2 saturated heterocycles. The van der Waals surface area contributed by atoms with Crippen LogP contribution >= 0.6 is 11.6 Å². The molecule has 2 aromatic carbocycles. The van der Waals surface area contributed by atoms with Gasteiger partial charge in [-0.1, -0.05) is 17.7 Å². The number of imidazole rings is 1. The number of rotatable bonds is 10. The Labute approximate surface area is 373 Å². The summed E-state index contributed by atoms with van der Waals surface area (Å²) < 4.78 is 35.5. The number of nitrogens with two attached hydrogens (primary N) is 1. The van der Waals surface area contributed by atoms with E-state index in [4.69, 9.17) is 27.2 Å². The Kier molecular flexibility index (Phi) is 14.4. The van der Waals surface area contributed by atoms with Crippen LogP contribution in [0.25, 0.3) is 22.4 Å². The number of aromatic nitrogens is 5. The van der Waals surface area contributed by atoms with Gasteiger partial charge < -0.3 is 39.8 Å². The maximum atomic E-state index is 15.8. The molecule has 20 heteroatoms. The van der Waals surface area contributed by atoms with Crippen molar-refractivity contribution in [2.45, 2.75) is 33.2 Å². The van der Waals surface area contributed by atoms with E-state index in [1.54, 1.807) is 42.4 Å². The number of quaternary nitrogens is 1. The molecule has 0 unspecified atom stereocenters. The van der Waals surface area contributed by atoms with Crippen molar-refractivity contribution in [2.24, 2.45) is 18.7 Å². The van der Waals surface area contributed by atoms with Crippen molar-refractivity contribution >= 4 is 53.2 Å². The minimum absolute atomic E-state index is 0.0193. The molecule has 64 heavy (non-hydrogen) atoms. The highest BCUT2D eigenvalue weighted by Crippen LogP contribution is 2.33. The van der Waals surface area contributed by atoms with Gasteiger partial charge in [0, 0.05) is 99.3 Å². The van der Waals surface area contributed by atoms with Gasteiger partial charge in [-0.3, -0.25) is 28.9 Å². The van der Waals surface area contributed by atoms with Gasteiger partial charge in [0.15, 0.2) is 17.5 Å². The molecule has 338 valence electrons. The highest BCUT2D eigenvalue weighted by Gasteiger charge is 2.35. The summed E-state index contributed by atoms with van der Waals surface area (Å²) in [6.07, 6.45) is 6.13. The number of primary amides is 1. The van der Waals surface area contributed by atoms with Gasteiger partial charge in [-0.25, -0.2) is 18.6 Å². The number of piperazine rings is 1. The van der Waals surface area contributed by atoms with Gasteiger partial charge in [0.25, 0.3) is 11.8 Å². The summed E-state index contributed by atoms with van der Waals surface area (Å²) in [6.45, 7) is 6.99. The third-order valence-electron chi connectivity index (χ3n) is 11.7. The molecule has 0 atom stereocenters. The fourth-order valence-electron chi connectivity index (χ4n) is 7.94. The maximum absolute atomic E-state index is 15.8. The van der Waals surface area contributed by atoms with E-state index in [9.17, 15) is 19.2 Å². The fourth-order valence-corrected chi connectivity index (χ4v) is 8.20. The van der Waals surface area contributed by atoms with Gasteiger partial charge >= 0.3 is 6.03 Å². The standard InChI is InChI=1S/C43H48ClF2N11O4.CH2O2/c1-26-6-8-30(23-48-26)56(43(47)61)19-18-55-25-34(27(2)51-55)31-10-11-33(38(46)37(31)45)36-24-49-39(52(36)3)40(58)50-29-7-9-32(35(44)22-29)42(60)54-16-14-53(15-17-54)41(59)28-12-20-57(4,5)21-13-28;2-1-3/h6-11,22-25,28H,12-21H2,1-5H3,(H2-,47,50,58,60,61);1H,(H,2,3). The zero-order valence-electron chi connectivity index (χ0n) is 36.2. The van der Waals surface area contributed by atoms with Gasteiger partial charge in [-0.2, -0.15) is 5.10 Å². The molecule has 3 aromatic heterocycles. The van der Waals surface area contributed by atoms with Gasteiger partial charge in [0.1, 0.15) is 0 Å². The number of aryl methyl sites for hydroxylation is 2. The van der Waals surface area contributed by atoms with Gasteiger partial charge in [0.2, 0.25) is 5.91 Å². The molecule has 2 aliphatic heterocycles. The quantitative estimate of drug-likeness (QED) is 0.154. The average molecular weight is 902 g/mol. The van der Waals surface area contributed by atoms with Crippen LogP contribution in [-0.2, 0) is 23.2 Å².